The molecule has 1 heterocycles. The van der Waals surface area contributed by atoms with Crippen molar-refractivity contribution in [2.45, 2.75) is 12.3 Å². The molecule has 0 radical (unpaired) electrons. The van der Waals surface area contributed by atoms with Gasteiger partial charge in [-0.2, -0.15) is 0 Å². The van der Waals surface area contributed by atoms with E-state index in [4.69, 9.17) is 0 Å². The van der Waals surface area contributed by atoms with Gasteiger partial charge in [0.25, 0.3) is 0 Å². The van der Waals surface area contributed by atoms with Gasteiger partial charge in [0.15, 0.2) is 0 Å². The summed E-state index contributed by atoms with van der Waals surface area (Å²) in [5, 5.41) is 0. The van der Waals surface area contributed by atoms with Crippen molar-refractivity contribution in [1.82, 2.24) is 4.90 Å². The molecular weight excluding hydrogens is 260 g/mol. The standard InChI is InChI=1S/C18H20N2O/c1-18(17(21)19(2)3)13-9-5-7-11-15(13)20(4)16-12-8-6-10-14(16)18/h5-12H,1-4H3. The first-order chi connectivity index (χ1) is 9.98. The van der Waals surface area contributed by atoms with Crippen molar-refractivity contribution in [2.75, 3.05) is 26.0 Å². The van der Waals surface area contributed by atoms with E-state index in [9.17, 15) is 4.79 Å². The molecule has 1 aliphatic heterocycles. The van der Waals surface area contributed by atoms with Crippen molar-refractivity contribution in [3.8, 4) is 0 Å². The van der Waals surface area contributed by atoms with Gasteiger partial charge in [-0.15, -0.1) is 0 Å². The van der Waals surface area contributed by atoms with Crippen LogP contribution in [0.1, 0.15) is 18.1 Å². The van der Waals surface area contributed by atoms with E-state index in [0.29, 0.717) is 0 Å². The number of hydrogen-bond donors (Lipinski definition) is 0. The molecule has 3 rings (SSSR count). The van der Waals surface area contributed by atoms with Gasteiger partial charge in [0.05, 0.1) is 0 Å². The first kappa shape index (κ1) is 13.7. The molecule has 0 atom stereocenters. The molecule has 0 bridgehead atoms. The Morgan fingerprint density at radius 3 is 1.81 bits per heavy atom. The molecule has 108 valence electrons. The van der Waals surface area contributed by atoms with E-state index in [0.717, 1.165) is 22.5 Å². The van der Waals surface area contributed by atoms with Crippen molar-refractivity contribution in [2.24, 2.45) is 0 Å². The molecule has 1 amide bonds. The predicted octanol–water partition coefficient (Wildman–Crippen LogP) is 3.16. The first-order valence-corrected chi connectivity index (χ1v) is 7.12. The topological polar surface area (TPSA) is 23.6 Å². The van der Waals surface area contributed by atoms with E-state index >= 15 is 0 Å². The molecule has 0 aliphatic carbocycles. The number of fused-ring (bicyclic) bond motifs is 2. The van der Waals surface area contributed by atoms with Crippen molar-refractivity contribution < 1.29 is 4.79 Å². The lowest BCUT2D eigenvalue weighted by Gasteiger charge is -2.42. The predicted molar refractivity (Wildman–Crippen MR) is 86.1 cm³/mol. The quantitative estimate of drug-likeness (QED) is 0.801. The fourth-order valence-electron chi connectivity index (χ4n) is 3.33. The van der Waals surface area contributed by atoms with Crippen molar-refractivity contribution in [1.29, 1.82) is 0 Å². The third-order valence-electron chi connectivity index (χ3n) is 4.44. The summed E-state index contributed by atoms with van der Waals surface area (Å²) >= 11 is 0. The number of carbonyl (C=O) groups is 1. The normalized spacial score (nSPS) is 15.1. The number of rotatable bonds is 1. The van der Waals surface area contributed by atoms with Crippen LogP contribution in [0.4, 0.5) is 11.4 Å². The molecule has 2 aromatic rings. The summed E-state index contributed by atoms with van der Waals surface area (Å²) in [6.45, 7) is 2.03. The van der Waals surface area contributed by atoms with Crippen LogP contribution in [0.15, 0.2) is 48.5 Å². The monoisotopic (exact) mass is 280 g/mol. The molecule has 1 aliphatic rings. The largest absolute Gasteiger partial charge is 0.348 e. The van der Waals surface area contributed by atoms with Crippen LogP contribution in [0.25, 0.3) is 0 Å². The summed E-state index contributed by atoms with van der Waals surface area (Å²) in [4.78, 5) is 16.8. The second-order valence-electron chi connectivity index (χ2n) is 5.92. The summed E-state index contributed by atoms with van der Waals surface area (Å²) in [7, 11) is 5.69. The molecule has 0 unspecified atom stereocenters. The van der Waals surface area contributed by atoms with Gasteiger partial charge >= 0.3 is 0 Å². The highest BCUT2D eigenvalue weighted by atomic mass is 16.2. The van der Waals surface area contributed by atoms with Gasteiger partial charge in [-0.1, -0.05) is 36.4 Å². The van der Waals surface area contributed by atoms with E-state index in [-0.39, 0.29) is 5.91 Å². The van der Waals surface area contributed by atoms with Gasteiger partial charge in [-0.3, -0.25) is 4.79 Å². The fourth-order valence-corrected chi connectivity index (χ4v) is 3.33. The average molecular weight is 280 g/mol. The zero-order valence-electron chi connectivity index (χ0n) is 12.9. The van der Waals surface area contributed by atoms with Crippen LogP contribution in [0.5, 0.6) is 0 Å². The Kier molecular flexibility index (Phi) is 3.01. The fraction of sp³-hybridized carbons (Fsp3) is 0.278. The van der Waals surface area contributed by atoms with E-state index in [1.165, 1.54) is 0 Å². The highest BCUT2D eigenvalue weighted by Crippen LogP contribution is 2.48. The lowest BCUT2D eigenvalue weighted by Crippen LogP contribution is -2.45. The van der Waals surface area contributed by atoms with Crippen LogP contribution in [0, 0.1) is 0 Å². The maximum atomic E-state index is 13.0. The molecule has 0 aromatic heterocycles. The Morgan fingerprint density at radius 2 is 1.38 bits per heavy atom. The number of anilines is 2. The second-order valence-corrected chi connectivity index (χ2v) is 5.92. The number of carbonyl (C=O) groups excluding carboxylic acids is 1. The van der Waals surface area contributed by atoms with Crippen molar-refractivity contribution in [3.63, 3.8) is 0 Å². The Balaban J connectivity index is 2.35. The minimum atomic E-state index is -0.650. The highest BCUT2D eigenvalue weighted by molar-refractivity contribution is 5.98. The highest BCUT2D eigenvalue weighted by Gasteiger charge is 2.45. The van der Waals surface area contributed by atoms with Crippen LogP contribution in [-0.2, 0) is 10.2 Å². The van der Waals surface area contributed by atoms with E-state index < -0.39 is 5.41 Å². The summed E-state index contributed by atoms with van der Waals surface area (Å²) < 4.78 is 0. The van der Waals surface area contributed by atoms with Gasteiger partial charge in [0.1, 0.15) is 5.41 Å². The summed E-state index contributed by atoms with van der Waals surface area (Å²) in [6, 6.07) is 16.3. The Hall–Kier alpha value is -2.29. The minimum absolute atomic E-state index is 0.107. The number of para-hydroxylation sites is 2. The molecule has 3 heteroatoms. The molecule has 0 spiro atoms. The van der Waals surface area contributed by atoms with E-state index in [1.807, 2.05) is 45.3 Å². The zero-order valence-corrected chi connectivity index (χ0v) is 12.9. The number of likely N-dealkylation sites (N-methyl/N-ethyl adjacent to an activating group) is 1. The molecular formula is C18H20N2O. The first-order valence-electron chi connectivity index (χ1n) is 7.12. The molecule has 21 heavy (non-hydrogen) atoms. The lowest BCUT2D eigenvalue weighted by atomic mass is 9.71. The van der Waals surface area contributed by atoms with Crippen molar-refractivity contribution in [3.05, 3.63) is 59.7 Å². The minimum Gasteiger partial charge on any atom is -0.348 e. The third-order valence-corrected chi connectivity index (χ3v) is 4.44. The number of nitrogens with zero attached hydrogens (tertiary/aromatic N) is 2. The maximum absolute atomic E-state index is 13.0. The summed E-state index contributed by atoms with van der Waals surface area (Å²) in [5.74, 6) is 0.107. The molecule has 0 saturated carbocycles. The van der Waals surface area contributed by atoms with Gasteiger partial charge in [0, 0.05) is 32.5 Å². The second kappa shape index (κ2) is 4.62. The molecule has 0 saturated heterocycles. The Labute approximate surface area is 125 Å². The van der Waals surface area contributed by atoms with Gasteiger partial charge in [-0.05, 0) is 30.2 Å². The van der Waals surface area contributed by atoms with E-state index in [2.05, 4.69) is 36.2 Å². The number of amides is 1. The van der Waals surface area contributed by atoms with Crippen LogP contribution in [0.3, 0.4) is 0 Å². The smallest absolute Gasteiger partial charge is 0.237 e. The SMILES string of the molecule is CN(C)C(=O)C1(C)c2ccccc2N(C)c2ccccc21. The van der Waals surface area contributed by atoms with Gasteiger partial charge in [-0.25, -0.2) is 0 Å². The third kappa shape index (κ3) is 1.77. The lowest BCUT2D eigenvalue weighted by molar-refractivity contribution is -0.132. The van der Waals surface area contributed by atoms with E-state index in [1.54, 1.807) is 4.90 Å². The number of benzene rings is 2. The average Bonchev–Trinajstić information content (AvgIpc) is 2.52. The number of hydrogen-bond acceptors (Lipinski definition) is 2. The summed E-state index contributed by atoms with van der Waals surface area (Å²) in [6.07, 6.45) is 0. The van der Waals surface area contributed by atoms with Crippen molar-refractivity contribution >= 4 is 17.3 Å². The van der Waals surface area contributed by atoms with Crippen LogP contribution in [0.2, 0.25) is 0 Å². The maximum Gasteiger partial charge on any atom is 0.237 e. The van der Waals surface area contributed by atoms with Gasteiger partial charge in [0.2, 0.25) is 5.91 Å². The van der Waals surface area contributed by atoms with Crippen LogP contribution >= 0.6 is 0 Å². The molecule has 0 fully saturated rings. The molecule has 3 nitrogen and oxygen atoms in total. The molecule has 2 aromatic carbocycles. The molecule has 0 N–H and O–H groups in total. The van der Waals surface area contributed by atoms with Gasteiger partial charge < -0.3 is 9.80 Å². The summed E-state index contributed by atoms with van der Waals surface area (Å²) in [5.41, 5.74) is 3.65. The van der Waals surface area contributed by atoms with Crippen LogP contribution < -0.4 is 4.90 Å². The Morgan fingerprint density at radius 1 is 0.952 bits per heavy atom. The van der Waals surface area contributed by atoms with Crippen LogP contribution in [-0.4, -0.2) is 32.0 Å². The zero-order chi connectivity index (χ0) is 15.2. The Bertz CT molecular complexity index is 658.